The number of carbonyl (C=O) groups excluding carboxylic acids is 2. The van der Waals surface area contributed by atoms with Crippen LogP contribution in [0.5, 0.6) is 5.75 Å². The fourth-order valence-electron chi connectivity index (χ4n) is 2.47. The summed E-state index contributed by atoms with van der Waals surface area (Å²) in [5.74, 6) is -0.453. The normalized spacial score (nSPS) is 10.4. The number of esters is 2. The summed E-state index contributed by atoms with van der Waals surface area (Å²) in [5.41, 5.74) is 2.36. The van der Waals surface area contributed by atoms with Gasteiger partial charge in [0.1, 0.15) is 24.5 Å². The Bertz CT molecular complexity index is 965. The van der Waals surface area contributed by atoms with E-state index >= 15 is 0 Å². The van der Waals surface area contributed by atoms with Crippen LogP contribution in [0.3, 0.4) is 0 Å². The van der Waals surface area contributed by atoms with Gasteiger partial charge in [0, 0.05) is 5.38 Å². The van der Waals surface area contributed by atoms with Crippen molar-refractivity contribution in [3.05, 3.63) is 81.3 Å². The van der Waals surface area contributed by atoms with E-state index in [9.17, 15) is 9.59 Å². The number of methoxy groups -OCH3 is 1. The molecular weight excluding hydrogens is 378 g/mol. The predicted octanol–water partition coefficient (Wildman–Crippen LogP) is 4.17. The Labute approximate surface area is 166 Å². The van der Waals surface area contributed by atoms with E-state index in [4.69, 9.17) is 9.47 Å². The van der Waals surface area contributed by atoms with Crippen molar-refractivity contribution in [3.8, 4) is 5.75 Å². The molecule has 0 atom stereocenters. The second-order valence-corrected chi connectivity index (χ2v) is 6.97. The molecule has 28 heavy (non-hydrogen) atoms. The molecule has 144 valence electrons. The lowest BCUT2D eigenvalue weighted by Crippen LogP contribution is -2.08. The van der Waals surface area contributed by atoms with Crippen molar-refractivity contribution >= 4 is 23.3 Å². The standard InChI is InChI=1S/C21H19NO5S/c1-14-22-17(13-28-14)12-26-19-6-4-3-5-18(19)21(24)27-11-15-7-9-16(10-8-15)20(23)25-2/h3-10,13H,11-12H2,1-2H3. The third-order valence-corrected chi connectivity index (χ3v) is 4.72. The van der Waals surface area contributed by atoms with Gasteiger partial charge >= 0.3 is 11.9 Å². The lowest BCUT2D eigenvalue weighted by atomic mass is 10.1. The summed E-state index contributed by atoms with van der Waals surface area (Å²) in [4.78, 5) is 28.3. The minimum absolute atomic E-state index is 0.0832. The molecule has 0 aliphatic heterocycles. The Morgan fingerprint density at radius 3 is 2.43 bits per heavy atom. The van der Waals surface area contributed by atoms with Gasteiger partial charge in [0.25, 0.3) is 0 Å². The molecule has 0 unspecified atom stereocenters. The summed E-state index contributed by atoms with van der Waals surface area (Å²) in [5, 5.41) is 2.89. The Kier molecular flexibility index (Phi) is 6.39. The van der Waals surface area contributed by atoms with Crippen LogP contribution in [0.4, 0.5) is 0 Å². The van der Waals surface area contributed by atoms with Crippen LogP contribution >= 0.6 is 11.3 Å². The van der Waals surface area contributed by atoms with Gasteiger partial charge in [-0.15, -0.1) is 11.3 Å². The number of hydrogen-bond donors (Lipinski definition) is 0. The molecule has 7 heteroatoms. The molecule has 1 aromatic heterocycles. The molecule has 0 N–H and O–H groups in total. The number of aromatic nitrogens is 1. The Hall–Kier alpha value is -3.19. The van der Waals surface area contributed by atoms with Crippen molar-refractivity contribution in [2.24, 2.45) is 0 Å². The molecule has 0 saturated heterocycles. The maximum absolute atomic E-state index is 12.5. The van der Waals surface area contributed by atoms with Crippen LogP contribution in [0.15, 0.2) is 53.9 Å². The molecule has 0 saturated carbocycles. The van der Waals surface area contributed by atoms with E-state index in [0.29, 0.717) is 16.9 Å². The first-order valence-electron chi connectivity index (χ1n) is 8.54. The minimum atomic E-state index is -0.484. The van der Waals surface area contributed by atoms with E-state index in [1.165, 1.54) is 7.11 Å². The topological polar surface area (TPSA) is 74.7 Å². The second kappa shape index (κ2) is 9.14. The number of benzene rings is 2. The molecule has 1 heterocycles. The number of nitrogens with zero attached hydrogens (tertiary/aromatic N) is 1. The van der Waals surface area contributed by atoms with Gasteiger partial charge in [0.2, 0.25) is 0 Å². The first kappa shape index (κ1) is 19.6. The van der Waals surface area contributed by atoms with Crippen LogP contribution < -0.4 is 4.74 Å². The monoisotopic (exact) mass is 397 g/mol. The second-order valence-electron chi connectivity index (χ2n) is 5.91. The van der Waals surface area contributed by atoms with E-state index in [2.05, 4.69) is 9.72 Å². The number of aryl methyl sites for hydroxylation is 1. The summed E-state index contributed by atoms with van der Waals surface area (Å²) < 4.78 is 15.8. The van der Waals surface area contributed by atoms with Crippen molar-refractivity contribution in [2.45, 2.75) is 20.1 Å². The summed E-state index contributed by atoms with van der Waals surface area (Å²) >= 11 is 1.55. The summed E-state index contributed by atoms with van der Waals surface area (Å²) in [7, 11) is 1.33. The van der Waals surface area contributed by atoms with Gasteiger partial charge in [0.05, 0.1) is 23.4 Å². The van der Waals surface area contributed by atoms with Gasteiger partial charge in [-0.2, -0.15) is 0 Å². The Morgan fingerprint density at radius 2 is 1.75 bits per heavy atom. The van der Waals surface area contributed by atoms with E-state index in [0.717, 1.165) is 16.3 Å². The molecule has 0 bridgehead atoms. The maximum Gasteiger partial charge on any atom is 0.342 e. The summed E-state index contributed by atoms with van der Waals surface area (Å²) in [6, 6.07) is 13.6. The highest BCUT2D eigenvalue weighted by Gasteiger charge is 2.14. The third-order valence-electron chi connectivity index (χ3n) is 3.89. The van der Waals surface area contributed by atoms with Crippen molar-refractivity contribution in [3.63, 3.8) is 0 Å². The molecule has 0 aliphatic rings. The van der Waals surface area contributed by atoms with Crippen molar-refractivity contribution in [1.29, 1.82) is 0 Å². The quantitative estimate of drug-likeness (QED) is 0.557. The highest BCUT2D eigenvalue weighted by atomic mass is 32.1. The number of rotatable bonds is 7. The molecule has 6 nitrogen and oxygen atoms in total. The van der Waals surface area contributed by atoms with Crippen LogP contribution in [0, 0.1) is 6.92 Å². The van der Waals surface area contributed by atoms with Gasteiger partial charge in [-0.25, -0.2) is 14.6 Å². The predicted molar refractivity (Wildman–Crippen MR) is 105 cm³/mol. The number of para-hydroxylation sites is 1. The molecule has 0 fully saturated rings. The molecule has 3 aromatic rings. The van der Waals surface area contributed by atoms with E-state index in [-0.39, 0.29) is 13.2 Å². The molecule has 0 spiro atoms. The van der Waals surface area contributed by atoms with Crippen molar-refractivity contribution in [1.82, 2.24) is 4.98 Å². The van der Waals surface area contributed by atoms with Gasteiger partial charge in [0.15, 0.2) is 0 Å². The minimum Gasteiger partial charge on any atom is -0.486 e. The van der Waals surface area contributed by atoms with Gasteiger partial charge in [-0.3, -0.25) is 0 Å². The fourth-order valence-corrected chi connectivity index (χ4v) is 3.07. The van der Waals surface area contributed by atoms with Gasteiger partial charge < -0.3 is 14.2 Å². The van der Waals surface area contributed by atoms with Crippen LogP contribution in [-0.2, 0) is 22.7 Å². The van der Waals surface area contributed by atoms with Crippen LogP contribution in [-0.4, -0.2) is 24.0 Å². The third kappa shape index (κ3) is 4.95. The number of ether oxygens (including phenoxy) is 3. The maximum atomic E-state index is 12.5. The SMILES string of the molecule is COC(=O)c1ccc(COC(=O)c2ccccc2OCc2csc(C)n2)cc1. The first-order chi connectivity index (χ1) is 13.6. The van der Waals surface area contributed by atoms with E-state index in [1.54, 1.807) is 59.9 Å². The highest BCUT2D eigenvalue weighted by Crippen LogP contribution is 2.21. The first-order valence-corrected chi connectivity index (χ1v) is 9.42. The molecule has 3 rings (SSSR count). The summed E-state index contributed by atoms with van der Waals surface area (Å²) in [6.45, 7) is 2.29. The number of carbonyl (C=O) groups is 2. The van der Waals surface area contributed by atoms with E-state index in [1.807, 2.05) is 12.3 Å². The number of thiazole rings is 1. The smallest absolute Gasteiger partial charge is 0.342 e. The largest absolute Gasteiger partial charge is 0.486 e. The average molecular weight is 397 g/mol. The van der Waals surface area contributed by atoms with E-state index < -0.39 is 11.9 Å². The van der Waals surface area contributed by atoms with Crippen LogP contribution in [0.1, 0.15) is 37.0 Å². The van der Waals surface area contributed by atoms with Gasteiger partial charge in [-0.05, 0) is 36.8 Å². The lowest BCUT2D eigenvalue weighted by molar-refractivity contribution is 0.0466. The van der Waals surface area contributed by atoms with Crippen molar-refractivity contribution in [2.75, 3.05) is 7.11 Å². The average Bonchev–Trinajstić information content (AvgIpc) is 3.15. The number of hydrogen-bond acceptors (Lipinski definition) is 7. The zero-order chi connectivity index (χ0) is 19.9. The summed E-state index contributed by atoms with van der Waals surface area (Å²) in [6.07, 6.45) is 0. The lowest BCUT2D eigenvalue weighted by Gasteiger charge is -2.11. The zero-order valence-corrected chi connectivity index (χ0v) is 16.3. The van der Waals surface area contributed by atoms with Crippen LogP contribution in [0.2, 0.25) is 0 Å². The molecule has 2 aromatic carbocycles. The molecular formula is C21H19NO5S. The van der Waals surface area contributed by atoms with Gasteiger partial charge in [-0.1, -0.05) is 24.3 Å². The molecule has 0 amide bonds. The molecule has 0 radical (unpaired) electrons. The fraction of sp³-hybridized carbons (Fsp3) is 0.190. The van der Waals surface area contributed by atoms with Crippen LogP contribution in [0.25, 0.3) is 0 Å². The Morgan fingerprint density at radius 1 is 1.00 bits per heavy atom. The van der Waals surface area contributed by atoms with Crippen molar-refractivity contribution < 1.29 is 23.8 Å². The Balaban J connectivity index is 1.61. The molecule has 0 aliphatic carbocycles. The zero-order valence-electron chi connectivity index (χ0n) is 15.5. The highest BCUT2D eigenvalue weighted by molar-refractivity contribution is 7.09.